The van der Waals surface area contributed by atoms with E-state index in [1.54, 1.807) is 60.5 Å². The van der Waals surface area contributed by atoms with Gasteiger partial charge in [0.1, 0.15) is 5.75 Å². The van der Waals surface area contributed by atoms with E-state index in [1.807, 2.05) is 0 Å². The number of hydrogen-bond donors (Lipinski definition) is 0. The summed E-state index contributed by atoms with van der Waals surface area (Å²) in [4.78, 5) is 29.2. The van der Waals surface area contributed by atoms with Crippen LogP contribution < -0.4 is 9.64 Å². The van der Waals surface area contributed by atoms with Crippen molar-refractivity contribution in [1.82, 2.24) is 4.90 Å². The summed E-state index contributed by atoms with van der Waals surface area (Å²) < 4.78 is 5.13. The average Bonchev–Trinajstić information content (AvgIpc) is 2.69. The molecule has 3 amide bonds. The zero-order valence-electron chi connectivity index (χ0n) is 14.7. The molecule has 0 aliphatic carbocycles. The maximum Gasteiger partial charge on any atom is 0.331 e. The number of imide groups is 1. The fraction of sp³-hybridized carbons (Fsp3) is 0.300. The standard InChI is InChI=1S/C20H21ClN2O3/c1-26-18-10-8-15(9-11-18)19(24)23(17-7-5-6-16(21)14-17)20(25)22-12-3-2-4-13-22/h5-11,14H,2-4,12-13H2,1H3. The SMILES string of the molecule is COc1ccc(C(=O)N(C(=O)N2CCCCC2)c2cccc(Cl)c2)cc1. The first-order chi connectivity index (χ1) is 12.6. The van der Waals surface area contributed by atoms with Gasteiger partial charge >= 0.3 is 6.03 Å². The Hall–Kier alpha value is -2.53. The Morgan fingerprint density at radius 3 is 2.35 bits per heavy atom. The molecule has 26 heavy (non-hydrogen) atoms. The zero-order chi connectivity index (χ0) is 18.5. The molecule has 1 fully saturated rings. The highest BCUT2D eigenvalue weighted by atomic mass is 35.5. The number of rotatable bonds is 3. The number of hydrogen-bond acceptors (Lipinski definition) is 3. The highest BCUT2D eigenvalue weighted by Gasteiger charge is 2.30. The first-order valence-corrected chi connectivity index (χ1v) is 9.01. The van der Waals surface area contributed by atoms with Gasteiger partial charge < -0.3 is 9.64 Å². The lowest BCUT2D eigenvalue weighted by atomic mass is 10.1. The van der Waals surface area contributed by atoms with Crippen molar-refractivity contribution in [3.05, 3.63) is 59.1 Å². The second kappa shape index (κ2) is 8.23. The van der Waals surface area contributed by atoms with Crippen molar-refractivity contribution in [2.75, 3.05) is 25.1 Å². The molecule has 3 rings (SSSR count). The summed E-state index contributed by atoms with van der Waals surface area (Å²) in [6, 6.07) is 13.2. The van der Waals surface area contributed by atoms with E-state index in [0.29, 0.717) is 35.1 Å². The largest absolute Gasteiger partial charge is 0.497 e. The number of nitrogens with zero attached hydrogens (tertiary/aromatic N) is 2. The Bertz CT molecular complexity index is 786. The van der Waals surface area contributed by atoms with Gasteiger partial charge in [-0.3, -0.25) is 4.79 Å². The van der Waals surface area contributed by atoms with Crippen LogP contribution in [0.5, 0.6) is 5.75 Å². The Kier molecular flexibility index (Phi) is 5.78. The molecule has 1 saturated heterocycles. The number of benzene rings is 2. The number of ether oxygens (including phenoxy) is 1. The van der Waals surface area contributed by atoms with Gasteiger partial charge in [0.05, 0.1) is 12.8 Å². The second-order valence-corrected chi connectivity index (χ2v) is 6.62. The van der Waals surface area contributed by atoms with E-state index in [0.717, 1.165) is 19.3 Å². The molecule has 0 aromatic heterocycles. The molecule has 6 heteroatoms. The van der Waals surface area contributed by atoms with Crippen molar-refractivity contribution >= 4 is 29.2 Å². The van der Waals surface area contributed by atoms with Gasteiger partial charge in [-0.05, 0) is 61.7 Å². The van der Waals surface area contributed by atoms with Crippen LogP contribution in [0, 0.1) is 0 Å². The number of amides is 3. The van der Waals surface area contributed by atoms with Crippen LogP contribution in [0.15, 0.2) is 48.5 Å². The van der Waals surface area contributed by atoms with Gasteiger partial charge in [0.25, 0.3) is 5.91 Å². The van der Waals surface area contributed by atoms with Crippen LogP contribution in [0.3, 0.4) is 0 Å². The number of carbonyl (C=O) groups excluding carboxylic acids is 2. The van der Waals surface area contributed by atoms with Crippen molar-refractivity contribution in [3.63, 3.8) is 0 Å². The van der Waals surface area contributed by atoms with E-state index >= 15 is 0 Å². The molecular weight excluding hydrogens is 352 g/mol. The van der Waals surface area contributed by atoms with Crippen LogP contribution in [0.25, 0.3) is 0 Å². The number of urea groups is 1. The minimum atomic E-state index is -0.384. The summed E-state index contributed by atoms with van der Waals surface area (Å²) in [5, 5.41) is 0.474. The molecule has 136 valence electrons. The molecule has 1 heterocycles. The molecule has 0 radical (unpaired) electrons. The zero-order valence-corrected chi connectivity index (χ0v) is 15.4. The van der Waals surface area contributed by atoms with E-state index in [9.17, 15) is 9.59 Å². The summed E-state index contributed by atoms with van der Waals surface area (Å²) in [7, 11) is 1.56. The van der Waals surface area contributed by atoms with E-state index in [-0.39, 0.29) is 11.9 Å². The first-order valence-electron chi connectivity index (χ1n) is 8.63. The molecule has 0 N–H and O–H groups in total. The van der Waals surface area contributed by atoms with Gasteiger partial charge in [0.15, 0.2) is 0 Å². The van der Waals surface area contributed by atoms with E-state index in [1.165, 1.54) is 4.90 Å². The molecule has 0 saturated carbocycles. The smallest absolute Gasteiger partial charge is 0.331 e. The van der Waals surface area contributed by atoms with Crippen molar-refractivity contribution in [3.8, 4) is 5.75 Å². The average molecular weight is 373 g/mol. The highest BCUT2D eigenvalue weighted by Crippen LogP contribution is 2.25. The molecule has 2 aromatic carbocycles. The van der Waals surface area contributed by atoms with E-state index in [4.69, 9.17) is 16.3 Å². The van der Waals surface area contributed by atoms with Gasteiger partial charge in [-0.2, -0.15) is 0 Å². The first kappa shape index (κ1) is 18.3. The predicted octanol–water partition coefficient (Wildman–Crippen LogP) is 4.60. The summed E-state index contributed by atoms with van der Waals surface area (Å²) >= 11 is 6.09. The monoisotopic (exact) mass is 372 g/mol. The van der Waals surface area contributed by atoms with Crippen molar-refractivity contribution in [1.29, 1.82) is 0 Å². The topological polar surface area (TPSA) is 49.9 Å². The Morgan fingerprint density at radius 1 is 1.04 bits per heavy atom. The third kappa shape index (κ3) is 3.99. The van der Waals surface area contributed by atoms with Gasteiger partial charge in [-0.15, -0.1) is 0 Å². The van der Waals surface area contributed by atoms with Crippen LogP contribution in [0.2, 0.25) is 5.02 Å². The predicted molar refractivity (Wildman–Crippen MR) is 102 cm³/mol. The molecule has 1 aliphatic heterocycles. The summed E-state index contributed by atoms with van der Waals surface area (Å²) in [5.41, 5.74) is 0.880. The van der Waals surface area contributed by atoms with Crippen molar-refractivity contribution in [2.45, 2.75) is 19.3 Å². The lowest BCUT2D eigenvalue weighted by Crippen LogP contribution is -2.48. The van der Waals surface area contributed by atoms with Crippen LogP contribution in [0.1, 0.15) is 29.6 Å². The van der Waals surface area contributed by atoms with Crippen LogP contribution in [-0.2, 0) is 0 Å². The van der Waals surface area contributed by atoms with Crippen LogP contribution >= 0.6 is 11.6 Å². The molecule has 5 nitrogen and oxygen atoms in total. The number of likely N-dealkylation sites (tertiary alicyclic amines) is 1. The minimum Gasteiger partial charge on any atom is -0.497 e. The summed E-state index contributed by atoms with van der Waals surface area (Å²) in [5.74, 6) is 0.267. The fourth-order valence-corrected chi connectivity index (χ4v) is 3.20. The number of methoxy groups -OCH3 is 1. The van der Waals surface area contributed by atoms with Gasteiger partial charge in [-0.1, -0.05) is 17.7 Å². The quantitative estimate of drug-likeness (QED) is 0.791. The van der Waals surface area contributed by atoms with Crippen molar-refractivity contribution in [2.24, 2.45) is 0 Å². The normalized spacial score (nSPS) is 14.0. The lowest BCUT2D eigenvalue weighted by molar-refractivity contribution is 0.0983. The third-order valence-electron chi connectivity index (χ3n) is 4.42. The summed E-state index contributed by atoms with van der Waals surface area (Å²) in [6.07, 6.45) is 3.01. The van der Waals surface area contributed by atoms with Gasteiger partial charge in [0, 0.05) is 23.7 Å². The Labute approximate surface area is 158 Å². The van der Waals surface area contributed by atoms with Gasteiger partial charge in [0.2, 0.25) is 0 Å². The third-order valence-corrected chi connectivity index (χ3v) is 4.66. The van der Waals surface area contributed by atoms with Gasteiger partial charge in [-0.25, -0.2) is 9.69 Å². The Morgan fingerprint density at radius 2 is 1.73 bits per heavy atom. The Balaban J connectivity index is 1.95. The molecule has 1 aliphatic rings. The molecule has 0 spiro atoms. The van der Waals surface area contributed by atoms with Crippen LogP contribution in [-0.4, -0.2) is 37.0 Å². The molecule has 0 bridgehead atoms. The second-order valence-electron chi connectivity index (χ2n) is 6.18. The van der Waals surface area contributed by atoms with Crippen molar-refractivity contribution < 1.29 is 14.3 Å². The molecule has 2 aromatic rings. The number of halogens is 1. The minimum absolute atomic E-state index is 0.312. The number of piperidine rings is 1. The molecule has 0 atom stereocenters. The molecule has 0 unspecified atom stereocenters. The van der Waals surface area contributed by atoms with Crippen LogP contribution in [0.4, 0.5) is 10.5 Å². The van der Waals surface area contributed by atoms with E-state index < -0.39 is 0 Å². The molecular formula is C20H21ClN2O3. The number of anilines is 1. The van der Waals surface area contributed by atoms with E-state index in [2.05, 4.69) is 0 Å². The number of carbonyl (C=O) groups is 2. The highest BCUT2D eigenvalue weighted by molar-refractivity contribution is 6.31. The maximum atomic E-state index is 13.1. The summed E-state index contributed by atoms with van der Waals surface area (Å²) in [6.45, 7) is 1.32. The maximum absolute atomic E-state index is 13.1. The lowest BCUT2D eigenvalue weighted by Gasteiger charge is -2.32. The fourth-order valence-electron chi connectivity index (χ4n) is 3.02.